The van der Waals surface area contributed by atoms with Gasteiger partial charge in [0.25, 0.3) is 0 Å². The number of rotatable bonds is 0. The highest BCUT2D eigenvalue weighted by atomic mass is 35.5. The van der Waals surface area contributed by atoms with Gasteiger partial charge in [0, 0.05) is 0 Å². The minimum atomic E-state index is -0.672. The van der Waals surface area contributed by atoms with Gasteiger partial charge >= 0.3 is 0 Å². The summed E-state index contributed by atoms with van der Waals surface area (Å²) in [5.74, 6) is 5.70. The molecular weight excluding hydrogens is 136 g/mol. The molecule has 9 heavy (non-hydrogen) atoms. The predicted octanol–water partition coefficient (Wildman–Crippen LogP) is 1.14. The zero-order valence-corrected chi connectivity index (χ0v) is 5.91. The van der Waals surface area contributed by atoms with Crippen molar-refractivity contribution in [3.05, 3.63) is 0 Å². The summed E-state index contributed by atoms with van der Waals surface area (Å²) in [6.07, 6.45) is 2.72. The van der Waals surface area contributed by atoms with Gasteiger partial charge in [0.1, 0.15) is 5.60 Å². The zero-order valence-electron chi connectivity index (χ0n) is 5.15. The van der Waals surface area contributed by atoms with Crippen molar-refractivity contribution in [2.75, 3.05) is 5.88 Å². The van der Waals surface area contributed by atoms with Crippen molar-refractivity contribution < 1.29 is 5.11 Å². The molecule has 0 amide bonds. The van der Waals surface area contributed by atoms with E-state index in [4.69, 9.17) is 11.6 Å². The van der Waals surface area contributed by atoms with Crippen molar-refractivity contribution in [3.63, 3.8) is 0 Å². The second-order valence-corrected chi connectivity index (χ2v) is 2.59. The lowest BCUT2D eigenvalue weighted by Gasteiger charge is -2.30. The first-order valence-electron chi connectivity index (χ1n) is 3.05. The third kappa shape index (κ3) is 1.61. The Morgan fingerprint density at radius 3 is 2.56 bits per heavy atom. The van der Waals surface area contributed by atoms with Crippen LogP contribution in [-0.4, -0.2) is 16.6 Å². The highest BCUT2D eigenvalue weighted by Crippen LogP contribution is 2.30. The van der Waals surface area contributed by atoms with Gasteiger partial charge < -0.3 is 5.11 Å². The summed E-state index contributed by atoms with van der Waals surface area (Å²) in [6, 6.07) is 0. The van der Waals surface area contributed by atoms with Gasteiger partial charge in [-0.3, -0.25) is 0 Å². The highest BCUT2D eigenvalue weighted by molar-refractivity contribution is 6.19. The Morgan fingerprint density at radius 2 is 2.22 bits per heavy atom. The number of aliphatic hydroxyl groups is 1. The first-order chi connectivity index (χ1) is 4.27. The molecule has 50 valence electrons. The van der Waals surface area contributed by atoms with Crippen LogP contribution in [0.1, 0.15) is 19.3 Å². The summed E-state index contributed by atoms with van der Waals surface area (Å²) >= 11 is 5.30. The standard InChI is InChI=1S/C7H9ClO/c8-6-2-5-7(9)3-1-4-7/h9H,1,3-4,6H2. The van der Waals surface area contributed by atoms with Crippen molar-refractivity contribution in [3.8, 4) is 11.8 Å². The predicted molar refractivity (Wildman–Crippen MR) is 37.3 cm³/mol. The molecule has 1 saturated carbocycles. The van der Waals surface area contributed by atoms with E-state index < -0.39 is 5.60 Å². The minimum Gasteiger partial charge on any atom is -0.378 e. The van der Waals surface area contributed by atoms with Gasteiger partial charge in [-0.05, 0) is 19.3 Å². The second-order valence-electron chi connectivity index (χ2n) is 2.32. The van der Waals surface area contributed by atoms with Crippen LogP contribution in [0.3, 0.4) is 0 Å². The van der Waals surface area contributed by atoms with Gasteiger partial charge in [-0.15, -0.1) is 11.6 Å². The van der Waals surface area contributed by atoms with E-state index in [9.17, 15) is 5.11 Å². The molecule has 1 N–H and O–H groups in total. The summed E-state index contributed by atoms with van der Waals surface area (Å²) in [4.78, 5) is 0. The van der Waals surface area contributed by atoms with Crippen molar-refractivity contribution in [2.45, 2.75) is 24.9 Å². The van der Waals surface area contributed by atoms with E-state index in [2.05, 4.69) is 11.8 Å². The zero-order chi connectivity index (χ0) is 6.74. The van der Waals surface area contributed by atoms with E-state index in [1.807, 2.05) is 0 Å². The molecule has 1 rings (SSSR count). The van der Waals surface area contributed by atoms with Gasteiger partial charge in [-0.1, -0.05) is 11.8 Å². The Bertz CT molecular complexity index is 150. The van der Waals surface area contributed by atoms with Crippen LogP contribution in [0.5, 0.6) is 0 Å². The highest BCUT2D eigenvalue weighted by Gasteiger charge is 2.31. The summed E-state index contributed by atoms with van der Waals surface area (Å²) in [7, 11) is 0. The second kappa shape index (κ2) is 2.60. The molecule has 1 fully saturated rings. The van der Waals surface area contributed by atoms with Gasteiger partial charge in [0.2, 0.25) is 0 Å². The Labute approximate surface area is 60.0 Å². The fourth-order valence-electron chi connectivity index (χ4n) is 0.835. The molecule has 0 aromatic heterocycles. The largest absolute Gasteiger partial charge is 0.378 e. The average molecular weight is 145 g/mol. The molecule has 1 aliphatic carbocycles. The van der Waals surface area contributed by atoms with Crippen LogP contribution < -0.4 is 0 Å². The number of alkyl halides is 1. The van der Waals surface area contributed by atoms with Crippen LogP contribution >= 0.6 is 11.6 Å². The van der Waals surface area contributed by atoms with E-state index in [1.54, 1.807) is 0 Å². The molecule has 0 unspecified atom stereocenters. The number of hydrogen-bond acceptors (Lipinski definition) is 1. The van der Waals surface area contributed by atoms with Crippen LogP contribution in [0.4, 0.5) is 0 Å². The number of halogens is 1. The lowest BCUT2D eigenvalue weighted by atomic mass is 9.81. The summed E-state index contributed by atoms with van der Waals surface area (Å²) in [6.45, 7) is 0. The minimum absolute atomic E-state index is 0.322. The molecule has 1 nitrogen and oxygen atoms in total. The van der Waals surface area contributed by atoms with Crippen molar-refractivity contribution in [1.82, 2.24) is 0 Å². The smallest absolute Gasteiger partial charge is 0.125 e. The van der Waals surface area contributed by atoms with Crippen LogP contribution in [0.25, 0.3) is 0 Å². The summed E-state index contributed by atoms with van der Waals surface area (Å²) < 4.78 is 0. The lowest BCUT2D eigenvalue weighted by Crippen LogP contribution is -2.34. The van der Waals surface area contributed by atoms with Crippen LogP contribution in [0.15, 0.2) is 0 Å². The average Bonchev–Trinajstić information content (AvgIpc) is 1.79. The molecule has 0 aliphatic heterocycles. The van der Waals surface area contributed by atoms with E-state index in [-0.39, 0.29) is 0 Å². The quantitative estimate of drug-likeness (QED) is 0.400. The maximum absolute atomic E-state index is 9.31. The lowest BCUT2D eigenvalue weighted by molar-refractivity contribution is 0.0239. The topological polar surface area (TPSA) is 20.2 Å². The van der Waals surface area contributed by atoms with Crippen molar-refractivity contribution in [2.24, 2.45) is 0 Å². The molecule has 0 spiro atoms. The molecule has 0 aromatic carbocycles. The fraction of sp³-hybridized carbons (Fsp3) is 0.714. The molecule has 0 bridgehead atoms. The Balaban J connectivity index is 2.41. The van der Waals surface area contributed by atoms with Crippen LogP contribution in [0.2, 0.25) is 0 Å². The first kappa shape index (κ1) is 6.92. The molecule has 0 aromatic rings. The Morgan fingerprint density at radius 1 is 1.56 bits per heavy atom. The van der Waals surface area contributed by atoms with E-state index in [1.165, 1.54) is 0 Å². The molecule has 0 radical (unpaired) electrons. The maximum Gasteiger partial charge on any atom is 0.125 e. The van der Waals surface area contributed by atoms with E-state index >= 15 is 0 Å². The van der Waals surface area contributed by atoms with Crippen molar-refractivity contribution >= 4 is 11.6 Å². The van der Waals surface area contributed by atoms with Crippen LogP contribution in [-0.2, 0) is 0 Å². The van der Waals surface area contributed by atoms with Gasteiger partial charge in [0.05, 0.1) is 5.88 Å². The SMILES string of the molecule is OC1(C#CCCl)CCC1. The van der Waals surface area contributed by atoms with Crippen LogP contribution in [0, 0.1) is 11.8 Å². The van der Waals surface area contributed by atoms with Gasteiger partial charge in [0.15, 0.2) is 0 Å². The monoisotopic (exact) mass is 144 g/mol. The summed E-state index contributed by atoms with van der Waals surface area (Å²) in [5, 5.41) is 9.31. The third-order valence-corrected chi connectivity index (χ3v) is 1.70. The Hall–Kier alpha value is -0.190. The first-order valence-corrected chi connectivity index (χ1v) is 3.59. The van der Waals surface area contributed by atoms with Gasteiger partial charge in [-0.25, -0.2) is 0 Å². The summed E-state index contributed by atoms with van der Waals surface area (Å²) in [5.41, 5.74) is -0.672. The Kier molecular flexibility index (Phi) is 2.00. The molecule has 0 atom stereocenters. The maximum atomic E-state index is 9.31. The van der Waals surface area contributed by atoms with Gasteiger partial charge in [-0.2, -0.15) is 0 Å². The normalized spacial score (nSPS) is 21.6. The molecular formula is C7H9ClO. The third-order valence-electron chi connectivity index (χ3n) is 1.57. The van der Waals surface area contributed by atoms with E-state index in [0.29, 0.717) is 5.88 Å². The fourth-order valence-corrected chi connectivity index (χ4v) is 0.901. The molecule has 2 heteroatoms. The number of hydrogen-bond donors (Lipinski definition) is 1. The van der Waals surface area contributed by atoms with E-state index in [0.717, 1.165) is 19.3 Å². The van der Waals surface area contributed by atoms with Crippen molar-refractivity contribution in [1.29, 1.82) is 0 Å². The molecule has 0 heterocycles. The molecule has 0 saturated heterocycles. The molecule has 1 aliphatic rings.